The van der Waals surface area contributed by atoms with E-state index in [4.69, 9.17) is 18.9 Å². The molecular formula is C42H68O16. The van der Waals surface area contributed by atoms with E-state index in [0.717, 1.165) is 5.57 Å². The molecule has 0 bridgehead atoms. The van der Waals surface area contributed by atoms with E-state index in [0.29, 0.717) is 44.9 Å². The molecule has 0 unspecified atom stereocenters. The molecule has 0 radical (unpaired) electrons. The van der Waals surface area contributed by atoms with Crippen molar-refractivity contribution >= 4 is 5.97 Å². The minimum Gasteiger partial charge on any atom is -0.432 e. The number of hydrogen-bond donors (Lipinski definition) is 11. The van der Waals surface area contributed by atoms with Crippen LogP contribution in [0.5, 0.6) is 0 Å². The largest absolute Gasteiger partial charge is 0.432 e. The van der Waals surface area contributed by atoms with Gasteiger partial charge in [0, 0.05) is 11.3 Å². The summed E-state index contributed by atoms with van der Waals surface area (Å²) in [6.07, 6.45) is -11.6. The predicted octanol–water partition coefficient (Wildman–Crippen LogP) is -0.770. The minimum absolute atomic E-state index is 0.0271. The first-order valence-corrected chi connectivity index (χ1v) is 21.2. The van der Waals surface area contributed by atoms with Crippen LogP contribution in [0.15, 0.2) is 11.6 Å². The van der Waals surface area contributed by atoms with E-state index < -0.39 is 131 Å². The van der Waals surface area contributed by atoms with Gasteiger partial charge in [-0.15, -0.1) is 0 Å². The summed E-state index contributed by atoms with van der Waals surface area (Å²) in [7, 11) is 0. The van der Waals surface area contributed by atoms with E-state index in [1.54, 1.807) is 6.92 Å². The fourth-order valence-corrected chi connectivity index (χ4v) is 13.9. The van der Waals surface area contributed by atoms with Gasteiger partial charge in [0.15, 0.2) is 6.29 Å². The molecule has 7 rings (SSSR count). The summed E-state index contributed by atoms with van der Waals surface area (Å²) in [5, 5.41) is 119. The van der Waals surface area contributed by atoms with Crippen molar-refractivity contribution < 1.29 is 79.9 Å². The molecule has 4 saturated carbocycles. The SMILES string of the molecule is C[C@@H]1CC[C@]2(C(=O)O[C@@H]3O[C@H](CO)[C@@H](O)[C@H](O)[C@H]3O)CC[C@]3(C)C(=CC[C@@H]4[C@@]5(C)C[C@@H](O)[C@H](O[C@@H]6O[C@H](CO)[C@@H](O)[C@H](O)[C@H]6O)[C@@](C)(CO)[C@@H]5CC[C@]43C)[C@@H]2[C@]1(C)O. The zero-order chi connectivity index (χ0) is 42.7. The number of fused-ring (bicyclic) bond motifs is 7. The smallest absolute Gasteiger partial charge is 0.315 e. The van der Waals surface area contributed by atoms with E-state index in [9.17, 15) is 61.0 Å². The van der Waals surface area contributed by atoms with Crippen LogP contribution in [-0.2, 0) is 23.7 Å². The van der Waals surface area contributed by atoms with Crippen LogP contribution in [0.25, 0.3) is 0 Å². The van der Waals surface area contributed by atoms with Crippen molar-refractivity contribution in [2.45, 2.75) is 172 Å². The van der Waals surface area contributed by atoms with Crippen molar-refractivity contribution in [2.24, 2.45) is 50.7 Å². The molecule has 332 valence electrons. The normalized spacial score (nSPS) is 56.9. The molecule has 0 amide bonds. The number of esters is 1. The van der Waals surface area contributed by atoms with Gasteiger partial charge in [-0.2, -0.15) is 0 Å². The zero-order valence-electron chi connectivity index (χ0n) is 34.6. The Bertz CT molecular complexity index is 1570. The molecule has 6 fully saturated rings. The summed E-state index contributed by atoms with van der Waals surface area (Å²) in [6.45, 7) is 10.6. The van der Waals surface area contributed by atoms with Gasteiger partial charge in [0.1, 0.15) is 48.8 Å². The third kappa shape index (κ3) is 6.17. The van der Waals surface area contributed by atoms with Crippen molar-refractivity contribution in [3.63, 3.8) is 0 Å². The number of aliphatic hydroxyl groups excluding tert-OH is 10. The van der Waals surface area contributed by atoms with Gasteiger partial charge in [0.2, 0.25) is 6.29 Å². The highest BCUT2D eigenvalue weighted by molar-refractivity contribution is 5.79. The molecule has 58 heavy (non-hydrogen) atoms. The molecule has 0 aromatic carbocycles. The van der Waals surface area contributed by atoms with Crippen molar-refractivity contribution in [3.05, 3.63) is 11.6 Å². The highest BCUT2D eigenvalue weighted by Gasteiger charge is 2.73. The number of carbonyl (C=O) groups excluding carboxylic acids is 1. The molecule has 7 aliphatic rings. The molecule has 0 spiro atoms. The number of ether oxygens (including phenoxy) is 4. The van der Waals surface area contributed by atoms with Crippen LogP contribution < -0.4 is 0 Å². The summed E-state index contributed by atoms with van der Waals surface area (Å²) >= 11 is 0. The molecule has 2 heterocycles. The van der Waals surface area contributed by atoms with Crippen molar-refractivity contribution in [3.8, 4) is 0 Å². The average Bonchev–Trinajstić information content (AvgIpc) is 3.17. The Morgan fingerprint density at radius 2 is 1.34 bits per heavy atom. The Morgan fingerprint density at radius 1 is 0.759 bits per heavy atom. The molecule has 2 aliphatic heterocycles. The topological polar surface area (TPSA) is 277 Å². The Hall–Kier alpha value is -1.35. The summed E-state index contributed by atoms with van der Waals surface area (Å²) in [6, 6.07) is 0. The average molecular weight is 829 g/mol. The van der Waals surface area contributed by atoms with Gasteiger partial charge in [-0.05, 0) is 92.3 Å². The Morgan fingerprint density at radius 3 is 1.93 bits per heavy atom. The molecule has 16 heteroatoms. The van der Waals surface area contributed by atoms with Crippen LogP contribution in [0, 0.1) is 50.7 Å². The summed E-state index contributed by atoms with van der Waals surface area (Å²) in [5.74, 6) is -1.76. The standard InChI is InChI=1S/C42H68O16/c1-19-9-12-42(36(53)58-35-31(52)29(50)27(48)23(17-44)56-35)14-13-39(4)20(32(42)41(19,6)54)7-8-25-37(2)15-21(46)33(38(3,18-45)24(37)10-11-40(25,39)5)57-34-30(51)28(49)26(47)22(16-43)55-34/h7,19,21-35,43-52,54H,8-18H2,1-6H3/t19-,21-,22-,23-,24-,25-,26-,27-,28+,29+,30-,31-,32-,33+,34+,35+,37+,38+,39-,40-,41-,42+/m1/s1. The second-order valence-corrected chi connectivity index (χ2v) is 20.3. The van der Waals surface area contributed by atoms with Crippen molar-refractivity contribution in [1.29, 1.82) is 0 Å². The maximum absolute atomic E-state index is 14.6. The summed E-state index contributed by atoms with van der Waals surface area (Å²) < 4.78 is 23.4. The molecule has 16 nitrogen and oxygen atoms in total. The van der Waals surface area contributed by atoms with Gasteiger partial charge in [-0.25, -0.2) is 0 Å². The fraction of sp³-hybridized carbons (Fsp3) is 0.929. The summed E-state index contributed by atoms with van der Waals surface area (Å²) in [4.78, 5) is 14.6. The number of aliphatic hydroxyl groups is 11. The van der Waals surface area contributed by atoms with Gasteiger partial charge < -0.3 is 75.1 Å². The zero-order valence-corrected chi connectivity index (χ0v) is 34.6. The molecule has 22 atom stereocenters. The Labute approximate surface area is 339 Å². The van der Waals surface area contributed by atoms with Crippen LogP contribution in [0.3, 0.4) is 0 Å². The van der Waals surface area contributed by atoms with Crippen LogP contribution in [-0.4, -0.2) is 161 Å². The third-order valence-corrected chi connectivity index (χ3v) is 17.7. The lowest BCUT2D eigenvalue weighted by molar-refractivity contribution is -0.345. The Kier molecular flexibility index (Phi) is 11.7. The van der Waals surface area contributed by atoms with Crippen molar-refractivity contribution in [1.82, 2.24) is 0 Å². The first kappa shape index (κ1) is 44.7. The number of allylic oxidation sites excluding steroid dienone is 1. The van der Waals surface area contributed by atoms with Gasteiger partial charge in [0.25, 0.3) is 0 Å². The molecule has 2 saturated heterocycles. The van der Waals surface area contributed by atoms with Crippen LogP contribution in [0.2, 0.25) is 0 Å². The van der Waals surface area contributed by atoms with Crippen LogP contribution in [0.1, 0.15) is 92.9 Å². The van der Waals surface area contributed by atoms with Gasteiger partial charge in [-0.1, -0.05) is 46.3 Å². The lowest BCUT2D eigenvalue weighted by Crippen LogP contribution is -2.70. The highest BCUT2D eigenvalue weighted by atomic mass is 16.7. The van der Waals surface area contributed by atoms with E-state index in [1.807, 2.05) is 13.8 Å². The van der Waals surface area contributed by atoms with E-state index in [-0.39, 0.29) is 30.8 Å². The third-order valence-electron chi connectivity index (χ3n) is 17.7. The predicted molar refractivity (Wildman–Crippen MR) is 202 cm³/mol. The van der Waals surface area contributed by atoms with Gasteiger partial charge in [-0.3, -0.25) is 4.79 Å². The van der Waals surface area contributed by atoms with Gasteiger partial charge >= 0.3 is 5.97 Å². The van der Waals surface area contributed by atoms with Crippen LogP contribution >= 0.6 is 0 Å². The molecule has 0 aromatic heterocycles. The summed E-state index contributed by atoms with van der Waals surface area (Å²) in [5.41, 5.74) is -4.14. The second-order valence-electron chi connectivity index (χ2n) is 20.3. The van der Waals surface area contributed by atoms with Crippen LogP contribution in [0.4, 0.5) is 0 Å². The maximum Gasteiger partial charge on any atom is 0.315 e. The quantitative estimate of drug-likeness (QED) is 0.0854. The van der Waals surface area contributed by atoms with E-state index >= 15 is 0 Å². The second kappa shape index (κ2) is 15.2. The Balaban J connectivity index is 1.21. The molecule has 0 aromatic rings. The molecular weight excluding hydrogens is 760 g/mol. The van der Waals surface area contributed by atoms with E-state index in [1.165, 1.54) is 0 Å². The fourth-order valence-electron chi connectivity index (χ4n) is 13.9. The minimum atomic E-state index is -1.77. The first-order chi connectivity index (χ1) is 27.0. The number of rotatable bonds is 7. The van der Waals surface area contributed by atoms with Gasteiger partial charge in [0.05, 0.1) is 43.0 Å². The first-order valence-electron chi connectivity index (χ1n) is 21.2. The van der Waals surface area contributed by atoms with E-state index in [2.05, 4.69) is 26.8 Å². The lowest BCUT2D eigenvalue weighted by Gasteiger charge is -2.72. The lowest BCUT2D eigenvalue weighted by atomic mass is 9.33. The van der Waals surface area contributed by atoms with Crippen molar-refractivity contribution in [2.75, 3.05) is 19.8 Å². The molecule has 5 aliphatic carbocycles. The maximum atomic E-state index is 14.6. The number of carbonyl (C=O) groups is 1. The number of hydrogen-bond acceptors (Lipinski definition) is 16. The monoisotopic (exact) mass is 828 g/mol. The highest BCUT2D eigenvalue weighted by Crippen LogP contribution is 2.76. The molecule has 11 N–H and O–H groups in total.